The summed E-state index contributed by atoms with van der Waals surface area (Å²) in [5, 5.41) is 11.8. The number of nitrogens with one attached hydrogen (secondary N) is 1. The molecule has 6 heteroatoms. The van der Waals surface area contributed by atoms with Crippen molar-refractivity contribution in [2.45, 2.75) is 19.1 Å². The van der Waals surface area contributed by atoms with Gasteiger partial charge in [-0.15, -0.1) is 0 Å². The minimum Gasteiger partial charge on any atom is -0.482 e. The molecular weight excluding hydrogens is 392 g/mol. The van der Waals surface area contributed by atoms with Crippen LogP contribution in [0.15, 0.2) is 84.9 Å². The molecule has 0 saturated carbocycles. The molecule has 0 fully saturated rings. The number of amides is 1. The second kappa shape index (κ2) is 10.6. The first-order valence-corrected chi connectivity index (χ1v) is 9.79. The highest BCUT2D eigenvalue weighted by Gasteiger charge is 2.23. The van der Waals surface area contributed by atoms with Crippen LogP contribution in [-0.2, 0) is 14.3 Å². The highest BCUT2D eigenvalue weighted by atomic mass is 16.6. The van der Waals surface area contributed by atoms with E-state index in [1.54, 1.807) is 24.3 Å². The summed E-state index contributed by atoms with van der Waals surface area (Å²) in [5.74, 6) is -0.645. The number of carbonyl (C=O) groups is 2. The van der Waals surface area contributed by atoms with Crippen LogP contribution in [0.2, 0.25) is 0 Å². The molecule has 0 heterocycles. The van der Waals surface area contributed by atoms with E-state index in [9.17, 15) is 9.59 Å². The molecule has 0 radical (unpaired) electrons. The van der Waals surface area contributed by atoms with Gasteiger partial charge in [0.2, 0.25) is 0 Å². The molecule has 0 aliphatic rings. The first kappa shape index (κ1) is 21.6. The Hall–Kier alpha value is -4.11. The van der Waals surface area contributed by atoms with E-state index in [-0.39, 0.29) is 12.6 Å². The van der Waals surface area contributed by atoms with Crippen molar-refractivity contribution in [3.63, 3.8) is 0 Å². The van der Waals surface area contributed by atoms with E-state index in [0.29, 0.717) is 11.3 Å². The molecule has 3 aromatic rings. The lowest BCUT2D eigenvalue weighted by Crippen LogP contribution is -2.39. The third kappa shape index (κ3) is 6.18. The Morgan fingerprint density at radius 3 is 1.97 bits per heavy atom. The van der Waals surface area contributed by atoms with Gasteiger partial charge >= 0.3 is 5.97 Å². The molecule has 3 aromatic carbocycles. The van der Waals surface area contributed by atoms with Gasteiger partial charge in [-0.3, -0.25) is 4.79 Å². The monoisotopic (exact) mass is 414 g/mol. The maximum absolute atomic E-state index is 12.7. The van der Waals surface area contributed by atoms with E-state index in [0.717, 1.165) is 11.1 Å². The Morgan fingerprint density at radius 1 is 0.903 bits per heavy atom. The standard InChI is InChI=1S/C25H22N2O4/c1-18(31-23(28)17-30-22-14-12-19(16-26)13-15-22)25(29)27-24(20-8-4-2-5-9-20)21-10-6-3-7-11-21/h2-15,18,24H,17H2,1H3,(H,27,29)/t18-/m0/s1. The van der Waals surface area contributed by atoms with Gasteiger partial charge in [0.15, 0.2) is 12.7 Å². The Balaban J connectivity index is 1.58. The van der Waals surface area contributed by atoms with E-state index in [1.807, 2.05) is 66.7 Å². The predicted octanol–water partition coefficient (Wildman–Crippen LogP) is 3.77. The van der Waals surface area contributed by atoms with Crippen LogP contribution in [0.3, 0.4) is 0 Å². The summed E-state index contributed by atoms with van der Waals surface area (Å²) < 4.78 is 10.6. The Bertz CT molecular complexity index is 1000. The predicted molar refractivity (Wildman–Crippen MR) is 115 cm³/mol. The van der Waals surface area contributed by atoms with Crippen molar-refractivity contribution in [1.82, 2.24) is 5.32 Å². The second-order valence-corrected chi connectivity index (χ2v) is 6.82. The average molecular weight is 414 g/mol. The molecule has 0 aromatic heterocycles. The maximum Gasteiger partial charge on any atom is 0.344 e. The highest BCUT2D eigenvalue weighted by Crippen LogP contribution is 2.22. The van der Waals surface area contributed by atoms with Gasteiger partial charge in [0, 0.05) is 0 Å². The third-order valence-electron chi connectivity index (χ3n) is 4.57. The van der Waals surface area contributed by atoms with Crippen molar-refractivity contribution < 1.29 is 19.1 Å². The van der Waals surface area contributed by atoms with E-state index < -0.39 is 18.0 Å². The third-order valence-corrected chi connectivity index (χ3v) is 4.57. The van der Waals surface area contributed by atoms with Gasteiger partial charge in [0.1, 0.15) is 5.75 Å². The van der Waals surface area contributed by atoms with Crippen LogP contribution in [0.1, 0.15) is 29.7 Å². The summed E-state index contributed by atoms with van der Waals surface area (Å²) in [6, 6.07) is 27.1. The Morgan fingerprint density at radius 2 is 1.45 bits per heavy atom. The SMILES string of the molecule is C[C@H](OC(=O)COc1ccc(C#N)cc1)C(=O)NC(c1ccccc1)c1ccccc1. The number of carbonyl (C=O) groups excluding carboxylic acids is 2. The van der Waals surface area contributed by atoms with Crippen molar-refractivity contribution in [3.05, 3.63) is 102 Å². The van der Waals surface area contributed by atoms with Gasteiger partial charge in [-0.25, -0.2) is 4.79 Å². The minimum atomic E-state index is -0.994. The summed E-state index contributed by atoms with van der Waals surface area (Å²) in [5.41, 5.74) is 2.33. The summed E-state index contributed by atoms with van der Waals surface area (Å²) in [7, 11) is 0. The van der Waals surface area contributed by atoms with Gasteiger partial charge < -0.3 is 14.8 Å². The zero-order chi connectivity index (χ0) is 22.1. The van der Waals surface area contributed by atoms with Crippen molar-refractivity contribution in [2.75, 3.05) is 6.61 Å². The zero-order valence-electron chi connectivity index (χ0n) is 17.0. The number of esters is 1. The van der Waals surface area contributed by atoms with E-state index >= 15 is 0 Å². The molecule has 3 rings (SSSR count). The molecule has 1 N–H and O–H groups in total. The van der Waals surface area contributed by atoms with Crippen molar-refractivity contribution >= 4 is 11.9 Å². The van der Waals surface area contributed by atoms with Crippen LogP contribution in [0.4, 0.5) is 0 Å². The Kier molecular flexibility index (Phi) is 7.39. The summed E-state index contributed by atoms with van der Waals surface area (Å²) in [6.45, 7) is 1.17. The molecule has 156 valence electrons. The van der Waals surface area contributed by atoms with Gasteiger partial charge in [-0.05, 0) is 42.3 Å². The number of hydrogen-bond donors (Lipinski definition) is 1. The van der Waals surface area contributed by atoms with Crippen LogP contribution >= 0.6 is 0 Å². The Labute approximate surface area is 181 Å². The molecule has 0 aliphatic heterocycles. The van der Waals surface area contributed by atoms with E-state index in [1.165, 1.54) is 6.92 Å². The fourth-order valence-corrected chi connectivity index (χ4v) is 2.96. The first-order valence-electron chi connectivity index (χ1n) is 9.79. The van der Waals surface area contributed by atoms with E-state index in [2.05, 4.69) is 5.32 Å². The lowest BCUT2D eigenvalue weighted by molar-refractivity contribution is -0.156. The quantitative estimate of drug-likeness (QED) is 0.567. The molecular formula is C25H22N2O4. The number of rotatable bonds is 8. The number of nitriles is 1. The van der Waals surface area contributed by atoms with Crippen LogP contribution in [-0.4, -0.2) is 24.6 Å². The van der Waals surface area contributed by atoms with Gasteiger partial charge in [0.05, 0.1) is 17.7 Å². The number of benzene rings is 3. The highest BCUT2D eigenvalue weighted by molar-refractivity contribution is 5.84. The molecule has 0 unspecified atom stereocenters. The van der Waals surface area contributed by atoms with Crippen LogP contribution < -0.4 is 10.1 Å². The molecule has 1 atom stereocenters. The fraction of sp³-hybridized carbons (Fsp3) is 0.160. The summed E-state index contributed by atoms with van der Waals surface area (Å²) in [4.78, 5) is 24.8. The first-order chi connectivity index (χ1) is 15.1. The average Bonchev–Trinajstić information content (AvgIpc) is 2.82. The van der Waals surface area contributed by atoms with E-state index in [4.69, 9.17) is 14.7 Å². The normalized spacial score (nSPS) is 11.3. The number of hydrogen-bond acceptors (Lipinski definition) is 5. The summed E-state index contributed by atoms with van der Waals surface area (Å²) in [6.07, 6.45) is -0.994. The molecule has 0 saturated heterocycles. The smallest absolute Gasteiger partial charge is 0.344 e. The lowest BCUT2D eigenvalue weighted by Gasteiger charge is -2.22. The van der Waals surface area contributed by atoms with Crippen molar-refractivity contribution in [2.24, 2.45) is 0 Å². The summed E-state index contributed by atoms with van der Waals surface area (Å²) >= 11 is 0. The van der Waals surface area contributed by atoms with Crippen molar-refractivity contribution in [3.8, 4) is 11.8 Å². The maximum atomic E-state index is 12.7. The molecule has 0 bridgehead atoms. The number of nitrogens with zero attached hydrogens (tertiary/aromatic N) is 1. The minimum absolute atomic E-state index is 0.343. The van der Waals surface area contributed by atoms with Gasteiger partial charge in [-0.1, -0.05) is 60.7 Å². The van der Waals surface area contributed by atoms with Gasteiger partial charge in [-0.2, -0.15) is 5.26 Å². The van der Waals surface area contributed by atoms with Gasteiger partial charge in [0.25, 0.3) is 5.91 Å². The largest absolute Gasteiger partial charge is 0.482 e. The fourth-order valence-electron chi connectivity index (χ4n) is 2.96. The second-order valence-electron chi connectivity index (χ2n) is 6.82. The van der Waals surface area contributed by atoms with Crippen LogP contribution in [0.5, 0.6) is 5.75 Å². The van der Waals surface area contributed by atoms with Crippen molar-refractivity contribution in [1.29, 1.82) is 5.26 Å². The topological polar surface area (TPSA) is 88.4 Å². The molecule has 6 nitrogen and oxygen atoms in total. The molecule has 0 spiro atoms. The molecule has 1 amide bonds. The van der Waals surface area contributed by atoms with Crippen LogP contribution in [0, 0.1) is 11.3 Å². The lowest BCUT2D eigenvalue weighted by atomic mass is 9.98. The number of ether oxygens (including phenoxy) is 2. The molecule has 0 aliphatic carbocycles. The molecule has 31 heavy (non-hydrogen) atoms. The zero-order valence-corrected chi connectivity index (χ0v) is 17.0. The van der Waals surface area contributed by atoms with Crippen LogP contribution in [0.25, 0.3) is 0 Å².